The van der Waals surface area contributed by atoms with E-state index < -0.39 is 23.7 Å². The average molecular weight is 520 g/mol. The van der Waals surface area contributed by atoms with E-state index in [0.717, 1.165) is 36.0 Å². The summed E-state index contributed by atoms with van der Waals surface area (Å²) in [6.07, 6.45) is 0.998. The number of rotatable bonds is 7. The van der Waals surface area contributed by atoms with Gasteiger partial charge in [-0.15, -0.1) is 0 Å². The third-order valence-corrected chi connectivity index (χ3v) is 7.30. The van der Waals surface area contributed by atoms with E-state index in [4.69, 9.17) is 14.0 Å². The number of esters is 1. The van der Waals surface area contributed by atoms with Gasteiger partial charge in [-0.25, -0.2) is 9.59 Å². The number of amides is 1. The average Bonchev–Trinajstić information content (AvgIpc) is 3.36. The van der Waals surface area contributed by atoms with E-state index in [1.807, 2.05) is 48.5 Å². The Hall–Kier alpha value is -3.72. The number of quaternary nitrogens is 1. The largest absolute Gasteiger partial charge is 0.454 e. The predicted octanol–water partition coefficient (Wildman–Crippen LogP) is 4.65. The summed E-state index contributed by atoms with van der Waals surface area (Å²) in [6, 6.07) is 17.9. The highest BCUT2D eigenvalue weighted by molar-refractivity contribution is 5.83. The van der Waals surface area contributed by atoms with Crippen LogP contribution in [0, 0.1) is 5.92 Å². The van der Waals surface area contributed by atoms with Gasteiger partial charge in [0.05, 0.1) is 13.1 Å². The van der Waals surface area contributed by atoms with Crippen molar-refractivity contribution in [2.75, 3.05) is 19.6 Å². The van der Waals surface area contributed by atoms with Gasteiger partial charge in [-0.05, 0) is 38.5 Å². The number of carbonyl (C=O) groups is 2. The maximum Gasteiger partial charge on any atom is 0.408 e. The van der Waals surface area contributed by atoms with Crippen molar-refractivity contribution in [3.05, 3.63) is 72.1 Å². The van der Waals surface area contributed by atoms with Crippen LogP contribution in [-0.4, -0.2) is 58.0 Å². The Morgan fingerprint density at radius 1 is 1.05 bits per heavy atom. The number of aromatic nitrogens is 2. The number of hydrogen-bond donors (Lipinski definition) is 1. The fraction of sp³-hybridized carbons (Fsp3) is 0.448. The first-order chi connectivity index (χ1) is 18.2. The molecule has 0 radical (unpaired) electrons. The molecule has 6 rings (SSSR count). The molecule has 9 heteroatoms. The van der Waals surface area contributed by atoms with Crippen molar-refractivity contribution in [3.63, 3.8) is 0 Å². The van der Waals surface area contributed by atoms with Gasteiger partial charge >= 0.3 is 12.1 Å². The monoisotopic (exact) mass is 519 g/mol. The van der Waals surface area contributed by atoms with Gasteiger partial charge in [-0.1, -0.05) is 53.7 Å². The van der Waals surface area contributed by atoms with E-state index in [1.54, 1.807) is 32.9 Å². The van der Waals surface area contributed by atoms with Crippen LogP contribution in [0.15, 0.2) is 65.2 Å². The van der Waals surface area contributed by atoms with Gasteiger partial charge in [0.2, 0.25) is 5.82 Å². The standard InChI is InChI=1S/C29H34N4O5/c1-29(2,3)37-28(35)31-25(21-10-6-4-7-11-21)27(34)36-23-18-33(16-14-20(23)15-17-33)19-24-30-26(38-32-24)22-12-8-5-9-13-22/h4-13,20,23,25H,14-19H2,1-3H3/p+1. The zero-order valence-electron chi connectivity index (χ0n) is 22.1. The molecule has 0 spiro atoms. The van der Waals surface area contributed by atoms with E-state index >= 15 is 0 Å². The summed E-state index contributed by atoms with van der Waals surface area (Å²) in [5, 5.41) is 6.96. The fourth-order valence-electron chi connectivity index (χ4n) is 5.46. The summed E-state index contributed by atoms with van der Waals surface area (Å²) in [5.74, 6) is 0.975. The maximum absolute atomic E-state index is 13.5. The molecule has 2 atom stereocenters. The highest BCUT2D eigenvalue weighted by Gasteiger charge is 2.49. The minimum absolute atomic E-state index is 0.253. The maximum atomic E-state index is 13.5. The molecular formula is C29H35N4O5+. The lowest BCUT2D eigenvalue weighted by Gasteiger charge is -2.51. The first-order valence-corrected chi connectivity index (χ1v) is 13.2. The van der Waals surface area contributed by atoms with E-state index in [0.29, 0.717) is 36.3 Å². The van der Waals surface area contributed by atoms with Gasteiger partial charge < -0.3 is 23.8 Å². The Labute approximate surface area is 222 Å². The Bertz CT molecular complexity index is 1250. The van der Waals surface area contributed by atoms with Crippen LogP contribution in [0.5, 0.6) is 0 Å². The van der Waals surface area contributed by atoms with E-state index in [1.165, 1.54) is 0 Å². The zero-order valence-corrected chi connectivity index (χ0v) is 22.1. The molecule has 200 valence electrons. The Balaban J connectivity index is 1.28. The summed E-state index contributed by atoms with van der Waals surface area (Å²) in [6.45, 7) is 8.61. The molecule has 3 aliphatic rings. The molecule has 3 aromatic rings. The second-order valence-corrected chi connectivity index (χ2v) is 11.3. The van der Waals surface area contributed by atoms with Gasteiger partial charge in [0, 0.05) is 24.3 Å². The van der Waals surface area contributed by atoms with Gasteiger partial charge in [-0.3, -0.25) is 0 Å². The van der Waals surface area contributed by atoms with Crippen molar-refractivity contribution in [1.29, 1.82) is 0 Å². The van der Waals surface area contributed by atoms with Crippen LogP contribution in [0.25, 0.3) is 11.5 Å². The highest BCUT2D eigenvalue weighted by atomic mass is 16.6. The molecular weight excluding hydrogens is 484 g/mol. The number of alkyl carbamates (subject to hydrolysis) is 1. The molecule has 3 saturated heterocycles. The number of piperidine rings is 3. The van der Waals surface area contributed by atoms with Crippen LogP contribution in [-0.2, 0) is 20.8 Å². The quantitative estimate of drug-likeness (QED) is 0.358. The lowest BCUT2D eigenvalue weighted by atomic mass is 9.83. The molecule has 1 aromatic heterocycles. The molecule has 38 heavy (non-hydrogen) atoms. The molecule has 1 N–H and O–H groups in total. The molecule has 2 bridgehead atoms. The topological polar surface area (TPSA) is 104 Å². The number of carbonyl (C=O) groups excluding carboxylic acids is 2. The highest BCUT2D eigenvalue weighted by Crippen LogP contribution is 2.37. The summed E-state index contributed by atoms with van der Waals surface area (Å²) in [5.41, 5.74) is 0.852. The minimum atomic E-state index is -0.958. The molecule has 2 aromatic carbocycles. The normalized spacial score (nSPS) is 23.4. The zero-order chi connectivity index (χ0) is 26.8. The van der Waals surface area contributed by atoms with Crippen LogP contribution in [0.1, 0.15) is 51.0 Å². The number of ether oxygens (including phenoxy) is 2. The molecule has 9 nitrogen and oxygen atoms in total. The second kappa shape index (κ2) is 10.6. The van der Waals surface area contributed by atoms with E-state index in [2.05, 4.69) is 15.5 Å². The Morgan fingerprint density at radius 3 is 2.37 bits per heavy atom. The number of hydrogen-bond acceptors (Lipinski definition) is 7. The van der Waals surface area contributed by atoms with Crippen molar-refractivity contribution < 1.29 is 28.1 Å². The molecule has 1 amide bonds. The van der Waals surface area contributed by atoms with E-state index in [-0.39, 0.29) is 6.10 Å². The van der Waals surface area contributed by atoms with Crippen molar-refractivity contribution in [3.8, 4) is 11.5 Å². The van der Waals surface area contributed by atoms with Crippen LogP contribution in [0.3, 0.4) is 0 Å². The molecule has 3 fully saturated rings. The first kappa shape index (κ1) is 25.9. The van der Waals surface area contributed by atoms with Gasteiger partial charge in [0.15, 0.2) is 12.1 Å². The summed E-state index contributed by atoms with van der Waals surface area (Å²) in [4.78, 5) is 30.7. The Kier molecular flexibility index (Phi) is 7.21. The fourth-order valence-corrected chi connectivity index (χ4v) is 5.46. The third kappa shape index (κ3) is 6.05. The lowest BCUT2D eigenvalue weighted by Crippen LogP contribution is -2.64. The van der Waals surface area contributed by atoms with Gasteiger partial charge in [0.1, 0.15) is 18.7 Å². The summed E-state index contributed by atoms with van der Waals surface area (Å²) in [7, 11) is 0. The van der Waals surface area contributed by atoms with Crippen LogP contribution in [0.4, 0.5) is 4.79 Å². The lowest BCUT2D eigenvalue weighted by molar-refractivity contribution is -0.958. The molecule has 0 saturated carbocycles. The predicted molar refractivity (Wildman–Crippen MR) is 139 cm³/mol. The minimum Gasteiger partial charge on any atom is -0.454 e. The van der Waals surface area contributed by atoms with Crippen LogP contribution in [0.2, 0.25) is 0 Å². The van der Waals surface area contributed by atoms with Crippen molar-refractivity contribution in [1.82, 2.24) is 15.5 Å². The smallest absolute Gasteiger partial charge is 0.408 e. The van der Waals surface area contributed by atoms with Gasteiger partial charge in [0.25, 0.3) is 5.89 Å². The SMILES string of the molecule is CC(C)(C)OC(=O)NC(C(=O)OC1C[N+]2(Cc3noc(-c4ccccc4)n3)CCC1CC2)c1ccccc1. The van der Waals surface area contributed by atoms with Crippen molar-refractivity contribution >= 4 is 12.1 Å². The second-order valence-electron chi connectivity index (χ2n) is 11.3. The number of benzene rings is 2. The van der Waals surface area contributed by atoms with Crippen molar-refractivity contribution in [2.24, 2.45) is 5.92 Å². The molecule has 2 unspecified atom stereocenters. The van der Waals surface area contributed by atoms with Crippen LogP contribution >= 0.6 is 0 Å². The molecule has 0 aliphatic carbocycles. The van der Waals surface area contributed by atoms with Crippen molar-refractivity contribution in [2.45, 2.75) is 57.9 Å². The van der Waals surface area contributed by atoms with E-state index in [9.17, 15) is 9.59 Å². The van der Waals surface area contributed by atoms with Gasteiger partial charge in [-0.2, -0.15) is 4.98 Å². The number of fused-ring (bicyclic) bond motifs is 3. The van der Waals surface area contributed by atoms with Crippen LogP contribution < -0.4 is 5.32 Å². The number of nitrogens with zero attached hydrogens (tertiary/aromatic N) is 3. The number of nitrogens with one attached hydrogen (secondary N) is 1. The third-order valence-electron chi connectivity index (χ3n) is 7.30. The Morgan fingerprint density at radius 2 is 1.71 bits per heavy atom. The molecule has 3 aliphatic heterocycles. The summed E-state index contributed by atoms with van der Waals surface area (Å²) < 4.78 is 17.8. The molecule has 4 heterocycles. The summed E-state index contributed by atoms with van der Waals surface area (Å²) >= 11 is 0. The first-order valence-electron chi connectivity index (χ1n) is 13.2.